The van der Waals surface area contributed by atoms with E-state index >= 15 is 0 Å². The Hall–Kier alpha value is -0.195. The van der Waals surface area contributed by atoms with Crippen molar-refractivity contribution in [2.75, 3.05) is 0 Å². The summed E-state index contributed by atoms with van der Waals surface area (Å²) in [4.78, 5) is 0. The summed E-state index contributed by atoms with van der Waals surface area (Å²) in [6, 6.07) is 0. The Kier molecular flexibility index (Phi) is 6.44. The quantitative estimate of drug-likeness (QED) is 0.410. The lowest BCUT2D eigenvalue weighted by Crippen LogP contribution is -2.34. The van der Waals surface area contributed by atoms with Crippen LogP contribution in [0.5, 0.6) is 0 Å². The van der Waals surface area contributed by atoms with E-state index in [0.717, 1.165) is 0 Å². The topological polar surface area (TPSA) is 0 Å². The van der Waals surface area contributed by atoms with Crippen LogP contribution in [0.4, 0.5) is 0 Å². The third-order valence-electron chi connectivity index (χ3n) is 5.23. The molecule has 0 aliphatic heterocycles. The molecule has 1 unspecified atom stereocenters. The Balaban J connectivity index is 5.10. The summed E-state index contributed by atoms with van der Waals surface area (Å²) in [7, 11) is 1.34. The first-order chi connectivity index (χ1) is 8.34. The van der Waals surface area contributed by atoms with Crippen molar-refractivity contribution in [2.45, 2.75) is 81.9 Å². The SMILES string of the molecule is CCBCC(C)(C)C(C)C(C)(C)/C=C(\C)C(C)(C)C. The first-order valence-electron chi connectivity index (χ1n) is 8.04. The lowest BCUT2D eigenvalue weighted by atomic mass is 9.54. The van der Waals surface area contributed by atoms with Crippen molar-refractivity contribution in [3.05, 3.63) is 11.6 Å². The Bertz CT molecular complexity index is 302. The fraction of sp³-hybridized carbons (Fsp3) is 0.889. The van der Waals surface area contributed by atoms with Crippen LogP contribution in [0, 0.1) is 22.2 Å². The second-order valence-electron chi connectivity index (χ2n) is 8.71. The standard InChI is InChI=1S/C18H37B/c1-11-19-13-18(9,10)15(3)17(7,8)12-14(2)16(4,5)6/h12,15,19H,11,13H2,1-10H3/b14-12+. The minimum atomic E-state index is 0.259. The highest BCUT2D eigenvalue weighted by molar-refractivity contribution is 6.35. The number of allylic oxidation sites excluding steroid dienone is 2. The Morgan fingerprint density at radius 3 is 1.89 bits per heavy atom. The third kappa shape index (κ3) is 5.75. The molecular weight excluding hydrogens is 227 g/mol. The van der Waals surface area contributed by atoms with E-state index in [1.807, 2.05) is 0 Å². The molecule has 1 atom stereocenters. The highest BCUT2D eigenvalue weighted by Gasteiger charge is 2.36. The molecule has 0 heterocycles. The summed E-state index contributed by atoms with van der Waals surface area (Å²) >= 11 is 0. The van der Waals surface area contributed by atoms with Crippen LogP contribution in [-0.4, -0.2) is 7.28 Å². The lowest BCUT2D eigenvalue weighted by Gasteiger charge is -2.42. The van der Waals surface area contributed by atoms with Crippen molar-refractivity contribution < 1.29 is 0 Å². The van der Waals surface area contributed by atoms with Gasteiger partial charge in [-0.1, -0.05) is 86.6 Å². The summed E-state index contributed by atoms with van der Waals surface area (Å²) < 4.78 is 0. The monoisotopic (exact) mass is 264 g/mol. The van der Waals surface area contributed by atoms with E-state index in [1.54, 1.807) is 0 Å². The molecule has 0 spiro atoms. The predicted octanol–water partition coefficient (Wildman–Crippen LogP) is 5.96. The molecule has 0 fully saturated rings. The molecule has 19 heavy (non-hydrogen) atoms. The third-order valence-corrected chi connectivity index (χ3v) is 5.23. The molecule has 0 amide bonds. The van der Waals surface area contributed by atoms with Gasteiger partial charge < -0.3 is 0 Å². The smallest absolute Gasteiger partial charge is 0.0802 e. The van der Waals surface area contributed by atoms with Crippen LogP contribution in [-0.2, 0) is 0 Å². The molecule has 1 heteroatoms. The molecule has 0 aliphatic rings. The molecule has 0 aromatic heterocycles. The van der Waals surface area contributed by atoms with E-state index < -0.39 is 0 Å². The van der Waals surface area contributed by atoms with Gasteiger partial charge in [0.2, 0.25) is 0 Å². The summed E-state index contributed by atoms with van der Waals surface area (Å²) in [6.07, 6.45) is 5.15. The molecule has 0 rings (SSSR count). The maximum absolute atomic E-state index is 2.52. The Labute approximate surface area is 123 Å². The van der Waals surface area contributed by atoms with Gasteiger partial charge >= 0.3 is 0 Å². The summed E-state index contributed by atoms with van der Waals surface area (Å²) in [6.45, 7) is 23.6. The van der Waals surface area contributed by atoms with Gasteiger partial charge in [0, 0.05) is 0 Å². The van der Waals surface area contributed by atoms with Crippen LogP contribution in [0.2, 0.25) is 12.6 Å². The molecule has 0 bridgehead atoms. The van der Waals surface area contributed by atoms with E-state index in [0.29, 0.717) is 11.3 Å². The van der Waals surface area contributed by atoms with Gasteiger partial charge in [0.05, 0.1) is 0 Å². The lowest BCUT2D eigenvalue weighted by molar-refractivity contribution is 0.143. The molecule has 0 aromatic carbocycles. The molecule has 0 radical (unpaired) electrons. The maximum Gasteiger partial charge on any atom is 0.120 e. The molecule has 0 saturated carbocycles. The van der Waals surface area contributed by atoms with Gasteiger partial charge in [-0.05, 0) is 29.1 Å². The van der Waals surface area contributed by atoms with Crippen LogP contribution in [0.1, 0.15) is 69.2 Å². The molecule has 0 aliphatic carbocycles. The Morgan fingerprint density at radius 2 is 1.53 bits per heavy atom. The van der Waals surface area contributed by atoms with Gasteiger partial charge in [-0.3, -0.25) is 0 Å². The minimum absolute atomic E-state index is 0.259. The second-order valence-corrected chi connectivity index (χ2v) is 8.71. The molecule has 0 N–H and O–H groups in total. The fourth-order valence-electron chi connectivity index (χ4n) is 2.76. The van der Waals surface area contributed by atoms with Crippen LogP contribution in [0.15, 0.2) is 11.6 Å². The maximum atomic E-state index is 2.52. The average Bonchev–Trinajstić information content (AvgIpc) is 2.23. The van der Waals surface area contributed by atoms with E-state index in [4.69, 9.17) is 0 Å². The molecular formula is C18H37B. The number of hydrogen-bond acceptors (Lipinski definition) is 0. The van der Waals surface area contributed by atoms with Gasteiger partial charge in [-0.2, -0.15) is 0 Å². The predicted molar refractivity (Wildman–Crippen MR) is 92.4 cm³/mol. The average molecular weight is 264 g/mol. The van der Waals surface area contributed by atoms with Gasteiger partial charge in [0.15, 0.2) is 0 Å². The zero-order valence-corrected chi connectivity index (χ0v) is 15.3. The van der Waals surface area contributed by atoms with Crippen LogP contribution >= 0.6 is 0 Å². The minimum Gasteiger partial charge on any atom is -0.0802 e. The Morgan fingerprint density at radius 1 is 1.05 bits per heavy atom. The van der Waals surface area contributed by atoms with Crippen molar-refractivity contribution in [3.63, 3.8) is 0 Å². The van der Waals surface area contributed by atoms with Crippen molar-refractivity contribution in [3.8, 4) is 0 Å². The first-order valence-corrected chi connectivity index (χ1v) is 8.04. The van der Waals surface area contributed by atoms with Crippen LogP contribution in [0.3, 0.4) is 0 Å². The van der Waals surface area contributed by atoms with Crippen molar-refractivity contribution in [2.24, 2.45) is 22.2 Å². The highest BCUT2D eigenvalue weighted by Crippen LogP contribution is 2.45. The second kappa shape index (κ2) is 6.50. The highest BCUT2D eigenvalue weighted by atomic mass is 14.4. The number of rotatable bonds is 6. The zero-order valence-electron chi connectivity index (χ0n) is 15.3. The summed E-state index contributed by atoms with van der Waals surface area (Å²) in [5.41, 5.74) is 2.46. The van der Waals surface area contributed by atoms with Gasteiger partial charge in [0.25, 0.3) is 0 Å². The van der Waals surface area contributed by atoms with E-state index in [1.165, 1.54) is 25.5 Å². The molecule has 0 aromatic rings. The summed E-state index contributed by atoms with van der Waals surface area (Å²) in [5.74, 6) is 0.684. The van der Waals surface area contributed by atoms with Gasteiger partial charge in [0.1, 0.15) is 7.28 Å². The van der Waals surface area contributed by atoms with Crippen LogP contribution < -0.4 is 0 Å². The van der Waals surface area contributed by atoms with Crippen molar-refractivity contribution >= 4 is 7.28 Å². The van der Waals surface area contributed by atoms with E-state index in [-0.39, 0.29) is 10.8 Å². The first kappa shape index (κ1) is 18.8. The molecule has 0 nitrogen and oxygen atoms in total. The normalized spacial score (nSPS) is 16.4. The van der Waals surface area contributed by atoms with Crippen molar-refractivity contribution in [1.29, 1.82) is 0 Å². The van der Waals surface area contributed by atoms with Crippen molar-refractivity contribution in [1.82, 2.24) is 0 Å². The number of hydrogen-bond donors (Lipinski definition) is 0. The zero-order chi connectivity index (χ0) is 15.5. The molecule has 0 saturated heterocycles. The van der Waals surface area contributed by atoms with Gasteiger partial charge in [-0.15, -0.1) is 0 Å². The molecule has 112 valence electrons. The van der Waals surface area contributed by atoms with E-state index in [9.17, 15) is 0 Å². The van der Waals surface area contributed by atoms with E-state index in [2.05, 4.69) is 75.3 Å². The fourth-order valence-corrected chi connectivity index (χ4v) is 2.76. The summed E-state index contributed by atoms with van der Waals surface area (Å²) in [5, 5.41) is 0. The largest absolute Gasteiger partial charge is 0.120 e. The van der Waals surface area contributed by atoms with Crippen LogP contribution in [0.25, 0.3) is 0 Å². The van der Waals surface area contributed by atoms with Gasteiger partial charge in [-0.25, -0.2) is 0 Å².